The van der Waals surface area contributed by atoms with Gasteiger partial charge in [0.25, 0.3) is 0 Å². The summed E-state index contributed by atoms with van der Waals surface area (Å²) in [5.74, 6) is -0.633. The zero-order valence-electron chi connectivity index (χ0n) is 21.2. The molecule has 5 rings (SSSR count). The number of esters is 1. The van der Waals surface area contributed by atoms with E-state index in [1.807, 2.05) is 19.1 Å². The van der Waals surface area contributed by atoms with Gasteiger partial charge >= 0.3 is 5.97 Å². The normalized spacial score (nSPS) is 16.7. The smallest absolute Gasteiger partial charge is 0.356 e. The van der Waals surface area contributed by atoms with Gasteiger partial charge in [-0.25, -0.2) is 18.9 Å². The maximum absolute atomic E-state index is 15.4. The number of benzene rings is 1. The minimum atomic E-state index is -0.598. The molecule has 1 aliphatic rings. The van der Waals surface area contributed by atoms with Crippen LogP contribution in [0.5, 0.6) is 5.75 Å². The molecule has 1 aromatic carbocycles. The fraction of sp³-hybridized carbons (Fsp3) is 0.286. The van der Waals surface area contributed by atoms with Crippen molar-refractivity contribution < 1.29 is 23.4 Å². The van der Waals surface area contributed by atoms with E-state index in [0.29, 0.717) is 39.0 Å². The summed E-state index contributed by atoms with van der Waals surface area (Å²) in [6.07, 6.45) is 7.70. The van der Waals surface area contributed by atoms with Gasteiger partial charge in [0.2, 0.25) is 0 Å². The number of hydrogen-bond donors (Lipinski definition) is 0. The number of carbonyl (C=O) groups excluding carboxylic acids is 1. The van der Waals surface area contributed by atoms with Crippen LogP contribution >= 0.6 is 23.2 Å². The molecule has 4 aromatic rings. The van der Waals surface area contributed by atoms with Gasteiger partial charge in [-0.1, -0.05) is 23.2 Å². The van der Waals surface area contributed by atoms with Gasteiger partial charge in [-0.3, -0.25) is 4.98 Å². The number of halogens is 3. The molecule has 11 heteroatoms. The van der Waals surface area contributed by atoms with E-state index in [1.54, 1.807) is 10.7 Å². The number of fused-ring (bicyclic) bond motifs is 1. The summed E-state index contributed by atoms with van der Waals surface area (Å²) >= 11 is 12.6. The van der Waals surface area contributed by atoms with Crippen molar-refractivity contribution in [3.05, 3.63) is 81.5 Å². The summed E-state index contributed by atoms with van der Waals surface area (Å²) in [7, 11) is 1.26. The first-order valence-corrected chi connectivity index (χ1v) is 13.1. The summed E-state index contributed by atoms with van der Waals surface area (Å²) < 4.78 is 34.0. The number of nitrogens with zero attached hydrogens (tertiary/aromatic N) is 4. The molecule has 4 heterocycles. The second-order valence-corrected chi connectivity index (χ2v) is 9.84. The molecule has 0 radical (unpaired) electrons. The number of methoxy groups -OCH3 is 1. The highest BCUT2D eigenvalue weighted by Crippen LogP contribution is 2.36. The molecule has 1 aliphatic heterocycles. The lowest BCUT2D eigenvalue weighted by Crippen LogP contribution is -2.19. The van der Waals surface area contributed by atoms with Crippen LogP contribution in [0.1, 0.15) is 65.8 Å². The molecule has 1 unspecified atom stereocenters. The topological polar surface area (TPSA) is 88.4 Å². The first-order valence-electron chi connectivity index (χ1n) is 12.4. The SMILES string of the molecule is COC(=O)c1ccc(/C(F)=C/c2nn(C3CCCCO3)c3ccc(O[C@H](C)c4c(Cl)cncc4Cl)cc23)cn1. The van der Waals surface area contributed by atoms with Crippen LogP contribution in [0.25, 0.3) is 22.8 Å². The summed E-state index contributed by atoms with van der Waals surface area (Å²) in [6.45, 7) is 2.47. The first kappa shape index (κ1) is 27.1. The van der Waals surface area contributed by atoms with Crippen LogP contribution in [0.15, 0.2) is 48.9 Å². The van der Waals surface area contributed by atoms with Gasteiger partial charge in [-0.2, -0.15) is 5.10 Å². The average Bonchev–Trinajstić information content (AvgIpc) is 3.30. The number of carbonyl (C=O) groups is 1. The monoisotopic (exact) mass is 570 g/mol. The highest BCUT2D eigenvalue weighted by molar-refractivity contribution is 6.35. The summed E-state index contributed by atoms with van der Waals surface area (Å²) in [6, 6.07) is 8.37. The number of aromatic nitrogens is 4. The standard InChI is InChI=1S/C28H25Cl2FN4O4/c1-16(27-20(29)14-32-15-21(27)30)39-18-7-9-25-19(11-18)24(34-35(25)26-5-3-4-10-38-26)12-22(31)17-6-8-23(33-13-17)28(36)37-2/h6-9,11-16,26H,3-5,10H2,1-2H3/b22-12-/t16-,26?/m1/s1. The molecule has 3 aromatic heterocycles. The number of rotatable bonds is 7. The third-order valence-corrected chi connectivity index (χ3v) is 7.04. The second kappa shape index (κ2) is 11.7. The van der Waals surface area contributed by atoms with E-state index < -0.39 is 17.9 Å². The Hall–Kier alpha value is -3.53. The van der Waals surface area contributed by atoms with E-state index in [0.717, 1.165) is 24.8 Å². The van der Waals surface area contributed by atoms with Gasteiger partial charge in [-0.05, 0) is 56.5 Å². The number of hydrogen-bond acceptors (Lipinski definition) is 7. The van der Waals surface area contributed by atoms with Gasteiger partial charge in [0, 0.05) is 47.8 Å². The second-order valence-electron chi connectivity index (χ2n) is 9.02. The average molecular weight is 571 g/mol. The van der Waals surface area contributed by atoms with Crippen LogP contribution in [0.2, 0.25) is 10.0 Å². The minimum absolute atomic E-state index is 0.0866. The van der Waals surface area contributed by atoms with Crippen molar-refractivity contribution in [2.75, 3.05) is 13.7 Å². The first-order chi connectivity index (χ1) is 18.9. The molecule has 1 saturated heterocycles. The van der Waals surface area contributed by atoms with E-state index in [9.17, 15) is 4.79 Å². The highest BCUT2D eigenvalue weighted by Gasteiger charge is 2.22. The van der Waals surface area contributed by atoms with Crippen LogP contribution in [-0.4, -0.2) is 39.4 Å². The van der Waals surface area contributed by atoms with E-state index in [1.165, 1.54) is 43.9 Å². The lowest BCUT2D eigenvalue weighted by Gasteiger charge is -2.23. The van der Waals surface area contributed by atoms with Gasteiger partial charge in [-0.15, -0.1) is 0 Å². The maximum Gasteiger partial charge on any atom is 0.356 e. The molecule has 2 atom stereocenters. The number of ether oxygens (including phenoxy) is 3. The Bertz CT molecular complexity index is 1510. The van der Waals surface area contributed by atoms with Crippen LogP contribution in [0, 0.1) is 0 Å². The van der Waals surface area contributed by atoms with Crippen LogP contribution in [0.4, 0.5) is 4.39 Å². The third-order valence-electron chi connectivity index (χ3n) is 6.44. The third kappa shape index (κ3) is 5.75. The molecule has 39 heavy (non-hydrogen) atoms. The molecule has 0 spiro atoms. The Balaban J connectivity index is 1.52. The highest BCUT2D eigenvalue weighted by atomic mass is 35.5. The molecule has 1 fully saturated rings. The van der Waals surface area contributed by atoms with Crippen LogP contribution in [-0.2, 0) is 9.47 Å². The van der Waals surface area contributed by atoms with Crippen molar-refractivity contribution in [1.29, 1.82) is 0 Å². The van der Waals surface area contributed by atoms with Crippen molar-refractivity contribution >= 4 is 52.0 Å². The van der Waals surface area contributed by atoms with Crippen molar-refractivity contribution in [3.63, 3.8) is 0 Å². The minimum Gasteiger partial charge on any atom is -0.486 e. The Morgan fingerprint density at radius 3 is 2.64 bits per heavy atom. The van der Waals surface area contributed by atoms with Gasteiger partial charge in [0.05, 0.1) is 28.4 Å². The molecular weight excluding hydrogens is 546 g/mol. The summed E-state index contributed by atoms with van der Waals surface area (Å²) in [4.78, 5) is 19.7. The summed E-state index contributed by atoms with van der Waals surface area (Å²) in [5.41, 5.74) is 2.08. The van der Waals surface area contributed by atoms with Gasteiger partial charge in [0.1, 0.15) is 23.4 Å². The van der Waals surface area contributed by atoms with E-state index in [4.69, 9.17) is 37.8 Å². The predicted molar refractivity (Wildman–Crippen MR) is 146 cm³/mol. The Labute approximate surface area is 234 Å². The summed E-state index contributed by atoms with van der Waals surface area (Å²) in [5, 5.41) is 6.19. The zero-order valence-corrected chi connectivity index (χ0v) is 22.7. The lowest BCUT2D eigenvalue weighted by atomic mass is 10.1. The van der Waals surface area contributed by atoms with Crippen molar-refractivity contribution in [1.82, 2.24) is 19.7 Å². The molecule has 0 saturated carbocycles. The van der Waals surface area contributed by atoms with Crippen LogP contribution in [0.3, 0.4) is 0 Å². The predicted octanol–water partition coefficient (Wildman–Crippen LogP) is 7.23. The quantitative estimate of drug-likeness (QED) is 0.216. The molecular formula is C28H25Cl2FN4O4. The van der Waals surface area contributed by atoms with Crippen LogP contribution < -0.4 is 4.74 Å². The number of pyridine rings is 2. The largest absolute Gasteiger partial charge is 0.486 e. The van der Waals surface area contributed by atoms with Gasteiger partial charge in [0.15, 0.2) is 6.23 Å². The Morgan fingerprint density at radius 1 is 1.18 bits per heavy atom. The van der Waals surface area contributed by atoms with Crippen molar-refractivity contribution in [2.24, 2.45) is 0 Å². The Kier molecular flexibility index (Phi) is 8.11. The molecule has 202 valence electrons. The van der Waals surface area contributed by atoms with Crippen molar-refractivity contribution in [2.45, 2.75) is 38.5 Å². The van der Waals surface area contributed by atoms with Crippen molar-refractivity contribution in [3.8, 4) is 5.75 Å². The van der Waals surface area contributed by atoms with E-state index in [2.05, 4.69) is 14.7 Å². The fourth-order valence-corrected chi connectivity index (χ4v) is 5.17. The van der Waals surface area contributed by atoms with Gasteiger partial charge < -0.3 is 14.2 Å². The molecule has 0 N–H and O–H groups in total. The lowest BCUT2D eigenvalue weighted by molar-refractivity contribution is -0.0367. The fourth-order valence-electron chi connectivity index (χ4n) is 4.50. The molecule has 0 bridgehead atoms. The maximum atomic E-state index is 15.4. The van der Waals surface area contributed by atoms with E-state index >= 15 is 4.39 Å². The van der Waals surface area contributed by atoms with E-state index in [-0.39, 0.29) is 17.5 Å². The Morgan fingerprint density at radius 2 is 1.97 bits per heavy atom. The zero-order chi connectivity index (χ0) is 27.5. The molecule has 0 aliphatic carbocycles. The molecule has 0 amide bonds. The molecule has 8 nitrogen and oxygen atoms in total.